The normalized spacial score (nSPS) is 21.6. The zero-order valence-corrected chi connectivity index (χ0v) is 13.0. The van der Waals surface area contributed by atoms with Gasteiger partial charge in [0.15, 0.2) is 11.5 Å². The first-order valence-corrected chi connectivity index (χ1v) is 7.98. The Bertz CT molecular complexity index is 739. The number of aryl methyl sites for hydroxylation is 1. The molecule has 1 amide bonds. The second-order valence-corrected chi connectivity index (χ2v) is 6.21. The van der Waals surface area contributed by atoms with Crippen molar-refractivity contribution in [1.29, 1.82) is 0 Å². The average Bonchev–Trinajstić information content (AvgIpc) is 3.37. The van der Waals surface area contributed by atoms with Gasteiger partial charge in [0.2, 0.25) is 5.91 Å². The second-order valence-electron chi connectivity index (χ2n) is 6.21. The molecule has 0 bridgehead atoms. The number of nitrogens with one attached hydrogen (secondary N) is 1. The van der Waals surface area contributed by atoms with E-state index in [0.29, 0.717) is 13.2 Å². The molecular weight excluding hydrogens is 290 g/mol. The fourth-order valence-electron chi connectivity index (χ4n) is 3.02. The molecule has 2 aromatic rings. The molecule has 4 heteroatoms. The predicted octanol–water partition coefficient (Wildman–Crippen LogP) is 3.51. The van der Waals surface area contributed by atoms with E-state index in [1.54, 1.807) is 0 Å². The lowest BCUT2D eigenvalue weighted by atomic mass is 10.1. The summed E-state index contributed by atoms with van der Waals surface area (Å²) in [6, 6.07) is 13.9. The molecule has 1 N–H and O–H groups in total. The highest BCUT2D eigenvalue weighted by Crippen LogP contribution is 2.49. The summed E-state index contributed by atoms with van der Waals surface area (Å²) < 4.78 is 11.2. The minimum Gasteiger partial charge on any atom is -0.486 e. The van der Waals surface area contributed by atoms with E-state index in [1.807, 2.05) is 49.4 Å². The van der Waals surface area contributed by atoms with Crippen molar-refractivity contribution < 1.29 is 14.3 Å². The Morgan fingerprint density at radius 1 is 1.04 bits per heavy atom. The SMILES string of the molecule is Cc1ccc(NC(=O)[C@@H]2C[C@H]2c2ccc3c(c2)OCCO3)cc1. The largest absolute Gasteiger partial charge is 0.486 e. The zero-order chi connectivity index (χ0) is 15.8. The molecule has 0 radical (unpaired) electrons. The van der Waals surface area contributed by atoms with Gasteiger partial charge in [-0.25, -0.2) is 0 Å². The molecule has 1 aliphatic carbocycles. The van der Waals surface area contributed by atoms with Crippen molar-refractivity contribution in [2.24, 2.45) is 5.92 Å². The van der Waals surface area contributed by atoms with Crippen molar-refractivity contribution in [3.8, 4) is 11.5 Å². The van der Waals surface area contributed by atoms with Crippen LogP contribution in [0.15, 0.2) is 42.5 Å². The molecule has 0 unspecified atom stereocenters. The number of carbonyl (C=O) groups is 1. The zero-order valence-electron chi connectivity index (χ0n) is 13.0. The Labute approximate surface area is 135 Å². The Morgan fingerprint density at radius 3 is 2.57 bits per heavy atom. The van der Waals surface area contributed by atoms with Crippen molar-refractivity contribution in [3.05, 3.63) is 53.6 Å². The van der Waals surface area contributed by atoms with Crippen molar-refractivity contribution in [3.63, 3.8) is 0 Å². The van der Waals surface area contributed by atoms with E-state index < -0.39 is 0 Å². The van der Waals surface area contributed by atoms with E-state index in [2.05, 4.69) is 5.32 Å². The van der Waals surface area contributed by atoms with Gasteiger partial charge in [0, 0.05) is 11.6 Å². The Kier molecular flexibility index (Phi) is 3.45. The number of hydrogen-bond donors (Lipinski definition) is 1. The molecule has 1 saturated carbocycles. The van der Waals surface area contributed by atoms with E-state index in [0.717, 1.165) is 29.2 Å². The van der Waals surface area contributed by atoms with E-state index >= 15 is 0 Å². The summed E-state index contributed by atoms with van der Waals surface area (Å²) in [5.41, 5.74) is 3.19. The monoisotopic (exact) mass is 309 g/mol. The molecule has 2 aromatic carbocycles. The van der Waals surface area contributed by atoms with Gasteiger partial charge in [0.25, 0.3) is 0 Å². The number of fused-ring (bicyclic) bond motifs is 1. The highest BCUT2D eigenvalue weighted by atomic mass is 16.6. The van der Waals surface area contributed by atoms with Crippen molar-refractivity contribution >= 4 is 11.6 Å². The standard InChI is InChI=1S/C19H19NO3/c1-12-2-5-14(6-3-12)20-19(21)16-11-15(16)13-4-7-17-18(10-13)23-9-8-22-17/h2-7,10,15-16H,8-9,11H2,1H3,(H,20,21)/t15-,16+/m0/s1. The summed E-state index contributed by atoms with van der Waals surface area (Å²) in [5, 5.41) is 3.00. The van der Waals surface area contributed by atoms with Gasteiger partial charge >= 0.3 is 0 Å². The Morgan fingerprint density at radius 2 is 1.78 bits per heavy atom. The van der Waals surface area contributed by atoms with E-state index in [4.69, 9.17) is 9.47 Å². The molecule has 23 heavy (non-hydrogen) atoms. The van der Waals surface area contributed by atoms with Crippen LogP contribution in [-0.4, -0.2) is 19.1 Å². The fraction of sp³-hybridized carbons (Fsp3) is 0.316. The number of ether oxygens (including phenoxy) is 2. The van der Waals surface area contributed by atoms with Gasteiger partial charge in [-0.1, -0.05) is 23.8 Å². The molecule has 1 fully saturated rings. The first-order valence-electron chi connectivity index (χ1n) is 7.98. The van der Waals surface area contributed by atoms with Crippen LogP contribution in [0.5, 0.6) is 11.5 Å². The van der Waals surface area contributed by atoms with E-state index in [9.17, 15) is 4.79 Å². The van der Waals surface area contributed by atoms with Crippen LogP contribution in [0.3, 0.4) is 0 Å². The molecule has 0 spiro atoms. The number of hydrogen-bond acceptors (Lipinski definition) is 3. The minimum absolute atomic E-state index is 0.0406. The van der Waals surface area contributed by atoms with E-state index in [-0.39, 0.29) is 17.7 Å². The van der Waals surface area contributed by atoms with Gasteiger partial charge < -0.3 is 14.8 Å². The van der Waals surface area contributed by atoms with Gasteiger partial charge in [0.05, 0.1) is 0 Å². The maximum Gasteiger partial charge on any atom is 0.228 e. The average molecular weight is 309 g/mol. The van der Waals surface area contributed by atoms with Crippen LogP contribution >= 0.6 is 0 Å². The second kappa shape index (κ2) is 5.61. The molecule has 4 nitrogen and oxygen atoms in total. The minimum atomic E-state index is 0.0406. The first-order chi connectivity index (χ1) is 11.2. The van der Waals surface area contributed by atoms with E-state index in [1.165, 1.54) is 5.56 Å². The highest BCUT2D eigenvalue weighted by molar-refractivity contribution is 5.95. The Balaban J connectivity index is 1.43. The van der Waals surface area contributed by atoms with Gasteiger partial charge in [-0.15, -0.1) is 0 Å². The molecule has 1 heterocycles. The van der Waals surface area contributed by atoms with Gasteiger partial charge in [-0.2, -0.15) is 0 Å². The van der Waals surface area contributed by atoms with Crippen LogP contribution in [0.2, 0.25) is 0 Å². The number of amides is 1. The molecule has 2 aliphatic rings. The van der Waals surface area contributed by atoms with Crippen LogP contribution in [0.1, 0.15) is 23.5 Å². The summed E-state index contributed by atoms with van der Waals surface area (Å²) >= 11 is 0. The summed E-state index contributed by atoms with van der Waals surface area (Å²) in [5.74, 6) is 1.99. The van der Waals surface area contributed by atoms with Crippen LogP contribution in [-0.2, 0) is 4.79 Å². The molecule has 4 rings (SSSR count). The lowest BCUT2D eigenvalue weighted by Crippen LogP contribution is -2.16. The van der Waals surface area contributed by atoms with Crippen molar-refractivity contribution in [2.45, 2.75) is 19.3 Å². The summed E-state index contributed by atoms with van der Waals surface area (Å²) in [7, 11) is 0. The summed E-state index contributed by atoms with van der Waals surface area (Å²) in [6.07, 6.45) is 0.886. The van der Waals surface area contributed by atoms with Crippen LogP contribution < -0.4 is 14.8 Å². The lowest BCUT2D eigenvalue weighted by Gasteiger charge is -2.18. The number of benzene rings is 2. The fourth-order valence-corrected chi connectivity index (χ4v) is 3.02. The van der Waals surface area contributed by atoms with Gasteiger partial charge in [-0.05, 0) is 49.1 Å². The van der Waals surface area contributed by atoms with Gasteiger partial charge in [0.1, 0.15) is 13.2 Å². The third kappa shape index (κ3) is 2.89. The molecule has 2 atom stereocenters. The lowest BCUT2D eigenvalue weighted by molar-refractivity contribution is -0.117. The van der Waals surface area contributed by atoms with Crippen molar-refractivity contribution in [2.75, 3.05) is 18.5 Å². The van der Waals surface area contributed by atoms with Crippen molar-refractivity contribution in [1.82, 2.24) is 0 Å². The van der Waals surface area contributed by atoms with Gasteiger partial charge in [-0.3, -0.25) is 4.79 Å². The number of anilines is 1. The highest BCUT2D eigenvalue weighted by Gasteiger charge is 2.44. The number of rotatable bonds is 3. The topological polar surface area (TPSA) is 47.6 Å². The Hall–Kier alpha value is -2.49. The third-order valence-electron chi connectivity index (χ3n) is 4.44. The molecule has 0 aromatic heterocycles. The molecule has 118 valence electrons. The quantitative estimate of drug-likeness (QED) is 0.944. The summed E-state index contributed by atoms with van der Waals surface area (Å²) in [6.45, 7) is 3.21. The smallest absolute Gasteiger partial charge is 0.228 e. The number of carbonyl (C=O) groups excluding carboxylic acids is 1. The van der Waals surface area contributed by atoms with Crippen LogP contribution in [0, 0.1) is 12.8 Å². The van der Waals surface area contributed by atoms with Crippen LogP contribution in [0.25, 0.3) is 0 Å². The first kappa shape index (κ1) is 14.1. The third-order valence-corrected chi connectivity index (χ3v) is 4.44. The molecular formula is C19H19NO3. The molecule has 0 saturated heterocycles. The molecule has 1 aliphatic heterocycles. The predicted molar refractivity (Wildman–Crippen MR) is 88.1 cm³/mol. The summed E-state index contributed by atoms with van der Waals surface area (Å²) in [4.78, 5) is 12.4. The maximum absolute atomic E-state index is 12.4. The van der Waals surface area contributed by atoms with Crippen LogP contribution in [0.4, 0.5) is 5.69 Å². The maximum atomic E-state index is 12.4.